The molecule has 59 heavy (non-hydrogen) atoms. The van der Waals surface area contributed by atoms with Crippen LogP contribution >= 0.6 is 0 Å². The third-order valence-corrected chi connectivity index (χ3v) is 13.6. The van der Waals surface area contributed by atoms with E-state index >= 15 is 0 Å². The minimum absolute atomic E-state index is 0.793. The van der Waals surface area contributed by atoms with Crippen molar-refractivity contribution in [2.24, 2.45) is 0 Å². The summed E-state index contributed by atoms with van der Waals surface area (Å²) in [6.45, 7) is 18.4. The maximum absolute atomic E-state index is 12.4. The van der Waals surface area contributed by atoms with Gasteiger partial charge in [0.2, 0.25) is 11.4 Å². The molecule has 4 aromatic carbocycles. The zero-order valence-corrected chi connectivity index (χ0v) is 40.0. The van der Waals surface area contributed by atoms with Gasteiger partial charge in [0.1, 0.15) is 0 Å². The molecule has 0 unspecified atom stereocenters. The summed E-state index contributed by atoms with van der Waals surface area (Å²) in [5.74, 6) is 0. The Morgan fingerprint density at radius 1 is 0.407 bits per heavy atom. The van der Waals surface area contributed by atoms with Gasteiger partial charge in [-0.3, -0.25) is 0 Å². The monoisotopic (exact) mass is 885 g/mol. The molecule has 0 amide bonds. The first-order valence-corrected chi connectivity index (χ1v) is 25.9. The Morgan fingerprint density at radius 2 is 0.729 bits per heavy atom. The van der Waals surface area contributed by atoms with Gasteiger partial charge in [-0.15, -0.1) is 0 Å². The van der Waals surface area contributed by atoms with Crippen molar-refractivity contribution in [3.05, 3.63) is 157 Å². The van der Waals surface area contributed by atoms with Gasteiger partial charge in [-0.1, -0.05) is 107 Å². The summed E-state index contributed by atoms with van der Waals surface area (Å²) in [7, 11) is 0. The number of hydrogen-bond donors (Lipinski definition) is 0. The molecule has 0 aromatic heterocycles. The molecular formula is C56H78N2Pd. The summed E-state index contributed by atoms with van der Waals surface area (Å²) >= 11 is 0.793. The summed E-state index contributed by atoms with van der Waals surface area (Å²) in [6.07, 6.45) is 20.3. The third-order valence-electron chi connectivity index (χ3n) is 11.5. The van der Waals surface area contributed by atoms with Gasteiger partial charge in [0, 0.05) is 22.3 Å². The average molecular weight is 886 g/mol. The molecule has 0 radical (unpaired) electrons. The predicted molar refractivity (Wildman–Crippen MR) is 254 cm³/mol. The first-order chi connectivity index (χ1) is 28.9. The Morgan fingerprint density at radius 3 is 1.02 bits per heavy atom. The Bertz CT molecular complexity index is 1740. The van der Waals surface area contributed by atoms with Crippen molar-refractivity contribution >= 4 is 11.4 Å². The molecule has 1 heterocycles. The van der Waals surface area contributed by atoms with Crippen LogP contribution in [0.5, 0.6) is 0 Å². The van der Waals surface area contributed by atoms with Crippen LogP contribution in [0.1, 0.15) is 188 Å². The van der Waals surface area contributed by atoms with Crippen molar-refractivity contribution in [3.8, 4) is 0 Å². The standard InChI is InChI=1S/C42H64N2.2C7H7.Pd/c1-9-17-25-39-40(26-18-10-2)42(36-29-33(21-13-5)38(24-16-8)34(30-36)22-14-6)44(43)41(39)35-27-31(19-11-3)37(23-15-7)32(28-35)20-12-4;2*1-7-5-3-2-4-6-7;/h27-30H,9-26H2,1-8H3;2*2-6H,1H2;. The number of rotatable bonds is 24. The van der Waals surface area contributed by atoms with E-state index in [1.807, 2.05) is 0 Å². The summed E-state index contributed by atoms with van der Waals surface area (Å²) < 4.78 is 1.65. The molecule has 0 spiro atoms. The second-order valence-corrected chi connectivity index (χ2v) is 18.4. The normalized spacial score (nSPS) is 12.8. The topological polar surface area (TPSA) is 25.3 Å². The van der Waals surface area contributed by atoms with Crippen LogP contribution in [0.3, 0.4) is 0 Å². The van der Waals surface area contributed by atoms with Gasteiger partial charge in [-0.2, -0.15) is 0 Å². The van der Waals surface area contributed by atoms with Crippen LogP contribution in [-0.2, 0) is 66.3 Å². The molecule has 0 N–H and O–H groups in total. The molecule has 0 atom stereocenters. The van der Waals surface area contributed by atoms with Crippen LogP contribution in [0, 0.1) is 0 Å². The fraction of sp³-hybridized carbons (Fsp3) is 0.500. The van der Waals surface area contributed by atoms with Crippen LogP contribution in [0.4, 0.5) is 0 Å². The maximum atomic E-state index is 12.4. The molecular weight excluding hydrogens is 807 g/mol. The molecule has 1 aliphatic rings. The van der Waals surface area contributed by atoms with E-state index in [4.69, 9.17) is 0 Å². The van der Waals surface area contributed by atoms with E-state index in [0.717, 1.165) is 132 Å². The summed E-state index contributed by atoms with van der Waals surface area (Å²) in [5.41, 5.74) is 31.8. The number of aryl methyl sites for hydroxylation is 4. The zero-order chi connectivity index (χ0) is 42.4. The number of benzene rings is 4. The molecule has 4 aromatic rings. The van der Waals surface area contributed by atoms with Gasteiger partial charge in [0.05, 0.1) is 0 Å². The minimum atomic E-state index is 0.793. The fourth-order valence-corrected chi connectivity index (χ4v) is 10.6. The first-order valence-electron chi connectivity index (χ1n) is 23.7. The summed E-state index contributed by atoms with van der Waals surface area (Å²) in [5, 5.41) is 0. The number of hydrogen-bond acceptors (Lipinski definition) is 0. The average Bonchev–Trinajstić information content (AvgIpc) is 3.52. The molecule has 0 fully saturated rings. The second kappa shape index (κ2) is 26.8. The van der Waals surface area contributed by atoms with Gasteiger partial charge in [0.15, 0.2) is 0 Å². The SMILES string of the molecule is CCCCC1=C(c2cc(CCC)c(CCC)c(CCC)c2)[N+](=[N-])C(c2cc(CCC)c(CCC)c(CCC)c2)=C1CCCC.c1ccc([CH2][Pd][CH2]c2ccccc2)cc1. The van der Waals surface area contributed by atoms with E-state index in [-0.39, 0.29) is 0 Å². The molecule has 322 valence electrons. The molecule has 5 rings (SSSR count). The van der Waals surface area contributed by atoms with Crippen molar-refractivity contribution in [3.63, 3.8) is 0 Å². The van der Waals surface area contributed by atoms with Crippen molar-refractivity contribution in [2.75, 3.05) is 0 Å². The predicted octanol–water partition coefficient (Wildman–Crippen LogP) is 16.4. The van der Waals surface area contributed by atoms with Gasteiger partial charge in [-0.25, -0.2) is 4.70 Å². The van der Waals surface area contributed by atoms with Crippen molar-refractivity contribution in [1.82, 2.24) is 0 Å². The molecule has 0 saturated carbocycles. The van der Waals surface area contributed by atoms with Gasteiger partial charge < -0.3 is 5.53 Å². The van der Waals surface area contributed by atoms with Crippen molar-refractivity contribution < 1.29 is 22.7 Å². The van der Waals surface area contributed by atoms with Gasteiger partial charge >= 0.3 is 99.6 Å². The van der Waals surface area contributed by atoms with Crippen LogP contribution in [-0.4, -0.2) is 4.70 Å². The van der Waals surface area contributed by atoms with E-state index in [1.165, 1.54) is 78.3 Å². The number of unbranched alkanes of at least 4 members (excludes halogenated alkanes) is 2. The van der Waals surface area contributed by atoms with Crippen molar-refractivity contribution in [2.45, 2.75) is 181 Å². The molecule has 3 heteroatoms. The molecule has 0 saturated heterocycles. The van der Waals surface area contributed by atoms with E-state index in [0.29, 0.717) is 0 Å². The Kier molecular flexibility index (Phi) is 21.9. The Hall–Kier alpha value is -3.38. The number of nitrogens with zero attached hydrogens (tertiary/aromatic N) is 2. The quantitative estimate of drug-likeness (QED) is 0.0495. The van der Waals surface area contributed by atoms with Crippen molar-refractivity contribution in [1.29, 1.82) is 0 Å². The van der Waals surface area contributed by atoms with Gasteiger partial charge in [-0.05, 0) is 122 Å². The van der Waals surface area contributed by atoms with E-state index in [2.05, 4.69) is 140 Å². The fourth-order valence-electron chi connectivity index (χ4n) is 8.80. The summed E-state index contributed by atoms with van der Waals surface area (Å²) in [6, 6.07) is 31.3. The Balaban J connectivity index is 0.000000425. The van der Waals surface area contributed by atoms with E-state index in [1.54, 1.807) is 15.8 Å². The van der Waals surface area contributed by atoms with E-state index < -0.39 is 0 Å². The molecule has 0 aliphatic carbocycles. The zero-order valence-electron chi connectivity index (χ0n) is 38.4. The Labute approximate surface area is 370 Å². The first kappa shape index (κ1) is 48.3. The van der Waals surface area contributed by atoms with Crippen LogP contribution < -0.4 is 0 Å². The van der Waals surface area contributed by atoms with Gasteiger partial charge in [0.25, 0.3) is 0 Å². The molecule has 1 aliphatic heterocycles. The molecule has 0 bridgehead atoms. The van der Waals surface area contributed by atoms with Crippen LogP contribution in [0.25, 0.3) is 16.9 Å². The van der Waals surface area contributed by atoms with Crippen LogP contribution in [0.15, 0.2) is 96.1 Å². The van der Waals surface area contributed by atoms with Crippen LogP contribution in [0.2, 0.25) is 0 Å². The molecule has 2 nitrogen and oxygen atoms in total. The second-order valence-electron chi connectivity index (χ2n) is 16.6. The number of allylic oxidation sites excluding steroid dienone is 2. The third kappa shape index (κ3) is 13.8. The van der Waals surface area contributed by atoms with E-state index in [9.17, 15) is 5.53 Å². The summed E-state index contributed by atoms with van der Waals surface area (Å²) in [4.78, 5) is 2.45.